The van der Waals surface area contributed by atoms with Crippen molar-refractivity contribution in [2.75, 3.05) is 51.1 Å². The molecule has 0 bridgehead atoms. The largest absolute Gasteiger partial charge is 0.494 e. The SMILES string of the molecule is CNCCCN(C)C(=O)c1ccc(Nc2ncc3c(n2)-c2ccc(Cl)cc2N(c2c(F)cccc2OC)CC3)cc1. The van der Waals surface area contributed by atoms with E-state index in [1.807, 2.05) is 43.3 Å². The van der Waals surface area contributed by atoms with E-state index in [0.717, 1.165) is 41.2 Å². The Morgan fingerprint density at radius 1 is 1.17 bits per heavy atom. The minimum absolute atomic E-state index is 0.0276. The van der Waals surface area contributed by atoms with Gasteiger partial charge in [0, 0.05) is 48.2 Å². The number of carbonyl (C=O) groups is 1. The van der Waals surface area contributed by atoms with Crippen LogP contribution in [0, 0.1) is 5.82 Å². The van der Waals surface area contributed by atoms with Crippen molar-refractivity contribution in [1.29, 1.82) is 0 Å². The fraction of sp³-hybridized carbons (Fsp3) is 0.258. The highest BCUT2D eigenvalue weighted by Gasteiger charge is 2.27. The van der Waals surface area contributed by atoms with Crippen LogP contribution in [0.25, 0.3) is 11.3 Å². The Balaban J connectivity index is 1.42. The molecule has 10 heteroatoms. The number of aromatic nitrogens is 2. The first-order chi connectivity index (χ1) is 19.9. The van der Waals surface area contributed by atoms with E-state index in [2.05, 4.69) is 15.6 Å². The first kappa shape index (κ1) is 28.3. The number of nitrogens with one attached hydrogen (secondary N) is 2. The van der Waals surface area contributed by atoms with Gasteiger partial charge < -0.3 is 25.2 Å². The molecule has 3 aromatic carbocycles. The average molecular weight is 575 g/mol. The normalized spacial score (nSPS) is 12.3. The van der Waals surface area contributed by atoms with Crippen LogP contribution < -0.4 is 20.3 Å². The number of fused-ring (bicyclic) bond motifs is 3. The van der Waals surface area contributed by atoms with E-state index < -0.39 is 0 Å². The maximum Gasteiger partial charge on any atom is 0.253 e. The van der Waals surface area contributed by atoms with Crippen LogP contribution in [-0.4, -0.2) is 61.6 Å². The fourth-order valence-electron chi connectivity index (χ4n) is 4.96. The van der Waals surface area contributed by atoms with Gasteiger partial charge in [-0.15, -0.1) is 0 Å². The van der Waals surface area contributed by atoms with Crippen LogP contribution in [0.3, 0.4) is 0 Å². The Labute approximate surface area is 244 Å². The van der Waals surface area contributed by atoms with Crippen LogP contribution in [-0.2, 0) is 6.42 Å². The van der Waals surface area contributed by atoms with E-state index in [1.54, 1.807) is 41.4 Å². The number of para-hydroxylation sites is 1. The van der Waals surface area contributed by atoms with Crippen LogP contribution in [0.4, 0.5) is 27.4 Å². The highest BCUT2D eigenvalue weighted by molar-refractivity contribution is 6.31. The molecule has 1 amide bonds. The summed E-state index contributed by atoms with van der Waals surface area (Å²) in [7, 11) is 5.23. The maximum atomic E-state index is 15.2. The van der Waals surface area contributed by atoms with Crippen LogP contribution >= 0.6 is 11.6 Å². The van der Waals surface area contributed by atoms with Gasteiger partial charge >= 0.3 is 0 Å². The lowest BCUT2D eigenvalue weighted by Crippen LogP contribution is -2.29. The van der Waals surface area contributed by atoms with Crippen LogP contribution in [0.15, 0.2) is 66.9 Å². The average Bonchev–Trinajstić information content (AvgIpc) is 3.13. The lowest BCUT2D eigenvalue weighted by atomic mass is 10.0. The molecule has 8 nitrogen and oxygen atoms in total. The van der Waals surface area contributed by atoms with E-state index in [9.17, 15) is 4.79 Å². The number of halogens is 2. The number of hydrogen-bond acceptors (Lipinski definition) is 7. The molecule has 4 aromatic rings. The molecule has 5 rings (SSSR count). The van der Waals surface area contributed by atoms with E-state index in [4.69, 9.17) is 21.3 Å². The number of benzene rings is 3. The molecule has 0 unspecified atom stereocenters. The minimum atomic E-state index is -0.388. The second-order valence-electron chi connectivity index (χ2n) is 9.81. The fourth-order valence-corrected chi connectivity index (χ4v) is 5.13. The topological polar surface area (TPSA) is 82.6 Å². The number of carbonyl (C=O) groups excluding carboxylic acids is 1. The van der Waals surface area contributed by atoms with Gasteiger partial charge in [-0.25, -0.2) is 14.4 Å². The van der Waals surface area contributed by atoms with Gasteiger partial charge in [-0.05, 0) is 86.6 Å². The molecule has 41 heavy (non-hydrogen) atoms. The Morgan fingerprint density at radius 3 is 2.73 bits per heavy atom. The zero-order valence-electron chi connectivity index (χ0n) is 23.2. The predicted molar refractivity (Wildman–Crippen MR) is 161 cm³/mol. The molecule has 0 saturated heterocycles. The van der Waals surface area contributed by atoms with Gasteiger partial charge in [0.05, 0.1) is 18.5 Å². The summed E-state index contributed by atoms with van der Waals surface area (Å²) >= 11 is 6.42. The first-order valence-electron chi connectivity index (χ1n) is 13.4. The van der Waals surface area contributed by atoms with Crippen molar-refractivity contribution in [1.82, 2.24) is 20.2 Å². The third-order valence-corrected chi connectivity index (χ3v) is 7.30. The molecule has 212 valence electrons. The zero-order valence-corrected chi connectivity index (χ0v) is 24.0. The second-order valence-corrected chi connectivity index (χ2v) is 10.2. The van der Waals surface area contributed by atoms with E-state index >= 15 is 4.39 Å². The summed E-state index contributed by atoms with van der Waals surface area (Å²) in [6, 6.07) is 17.6. The molecule has 0 saturated carbocycles. The van der Waals surface area contributed by atoms with Crippen molar-refractivity contribution in [3.05, 3.63) is 88.8 Å². The number of amides is 1. The molecule has 1 aliphatic rings. The quantitative estimate of drug-likeness (QED) is 0.235. The van der Waals surface area contributed by atoms with Gasteiger partial charge in [0.25, 0.3) is 5.91 Å². The lowest BCUT2D eigenvalue weighted by molar-refractivity contribution is 0.0794. The van der Waals surface area contributed by atoms with Gasteiger partial charge in [0.2, 0.25) is 5.95 Å². The molecule has 0 aliphatic carbocycles. The Kier molecular flexibility index (Phi) is 8.66. The number of ether oxygens (including phenoxy) is 1. The molecule has 0 fully saturated rings. The van der Waals surface area contributed by atoms with Gasteiger partial charge in [-0.1, -0.05) is 17.7 Å². The molecular weight excluding hydrogens is 543 g/mol. The number of anilines is 4. The lowest BCUT2D eigenvalue weighted by Gasteiger charge is -2.27. The summed E-state index contributed by atoms with van der Waals surface area (Å²) in [4.78, 5) is 25.8. The molecular formula is C31H32ClFN6O2. The van der Waals surface area contributed by atoms with Gasteiger partial charge in [0.1, 0.15) is 11.4 Å². The maximum absolute atomic E-state index is 15.2. The minimum Gasteiger partial charge on any atom is -0.494 e. The molecule has 0 spiro atoms. The summed E-state index contributed by atoms with van der Waals surface area (Å²) in [6.07, 6.45) is 3.26. The number of nitrogens with zero attached hydrogens (tertiary/aromatic N) is 4. The van der Waals surface area contributed by atoms with Crippen LogP contribution in [0.2, 0.25) is 5.02 Å². The number of methoxy groups -OCH3 is 1. The van der Waals surface area contributed by atoms with Crippen molar-refractivity contribution in [2.24, 2.45) is 0 Å². The Bertz CT molecular complexity index is 1550. The molecule has 2 N–H and O–H groups in total. The third-order valence-electron chi connectivity index (χ3n) is 7.07. The standard InChI is InChI=1S/C31H32ClFN6O2/c1-34-15-5-16-38(2)30(40)20-8-11-23(12-9-20)36-31-35-19-21-14-17-39(29-25(33)6-4-7-27(29)41-3)26-18-22(32)10-13-24(26)28(21)37-31/h4,6-13,18-19,34H,5,14-17H2,1-3H3,(H,35,36,37). The Hall–Kier alpha value is -4.21. The summed E-state index contributed by atoms with van der Waals surface area (Å²) in [5, 5.41) is 6.87. The van der Waals surface area contributed by atoms with Crippen LogP contribution in [0.5, 0.6) is 5.75 Å². The summed E-state index contributed by atoms with van der Waals surface area (Å²) in [5.74, 6) is 0.423. The molecule has 1 aliphatic heterocycles. The van der Waals surface area contributed by atoms with E-state index in [0.29, 0.717) is 47.5 Å². The van der Waals surface area contributed by atoms with Crippen molar-refractivity contribution in [3.63, 3.8) is 0 Å². The smallest absolute Gasteiger partial charge is 0.253 e. The van der Waals surface area contributed by atoms with E-state index in [-0.39, 0.29) is 11.7 Å². The Morgan fingerprint density at radius 2 is 1.98 bits per heavy atom. The van der Waals surface area contributed by atoms with E-state index in [1.165, 1.54) is 13.2 Å². The second kappa shape index (κ2) is 12.5. The van der Waals surface area contributed by atoms with Gasteiger partial charge in [0.15, 0.2) is 5.82 Å². The van der Waals surface area contributed by atoms with Crippen molar-refractivity contribution < 1.29 is 13.9 Å². The summed E-state index contributed by atoms with van der Waals surface area (Å²) < 4.78 is 20.7. The van der Waals surface area contributed by atoms with Crippen LogP contribution in [0.1, 0.15) is 22.3 Å². The monoisotopic (exact) mass is 574 g/mol. The zero-order chi connectivity index (χ0) is 28.9. The van der Waals surface area contributed by atoms with Gasteiger partial charge in [-0.2, -0.15) is 0 Å². The van der Waals surface area contributed by atoms with Crippen molar-refractivity contribution in [3.8, 4) is 17.0 Å². The van der Waals surface area contributed by atoms with Gasteiger partial charge in [-0.3, -0.25) is 4.79 Å². The first-order valence-corrected chi connectivity index (χ1v) is 13.8. The molecule has 2 heterocycles. The van der Waals surface area contributed by atoms with Crippen molar-refractivity contribution in [2.45, 2.75) is 12.8 Å². The molecule has 1 aromatic heterocycles. The predicted octanol–water partition coefficient (Wildman–Crippen LogP) is 6.06. The number of hydrogen-bond donors (Lipinski definition) is 2. The molecule has 0 atom stereocenters. The highest BCUT2D eigenvalue weighted by Crippen LogP contribution is 2.44. The molecule has 0 radical (unpaired) electrons. The highest BCUT2D eigenvalue weighted by atomic mass is 35.5. The summed E-state index contributed by atoms with van der Waals surface area (Å²) in [5.41, 5.74) is 4.91. The van der Waals surface area contributed by atoms with Crippen molar-refractivity contribution >= 4 is 40.5 Å². The number of rotatable bonds is 9. The summed E-state index contributed by atoms with van der Waals surface area (Å²) in [6.45, 7) is 2.01. The third kappa shape index (κ3) is 6.11.